The van der Waals surface area contributed by atoms with Gasteiger partial charge in [-0.2, -0.15) is 9.59 Å². The third-order valence-electron chi connectivity index (χ3n) is 0. The van der Waals surface area contributed by atoms with Gasteiger partial charge in [0, 0.05) is 7.11 Å². The third-order valence-corrected chi connectivity index (χ3v) is 0. The van der Waals surface area contributed by atoms with E-state index in [2.05, 4.69) is 6.65 Å². The van der Waals surface area contributed by atoms with E-state index < -0.39 is 0 Å². The Kier molecular flexibility index (Phi) is 112000. The second-order valence-corrected chi connectivity index (χ2v) is 0.0833. The van der Waals surface area contributed by atoms with Crippen LogP contribution in [0.1, 0.15) is 14.9 Å². The molecule has 9 nitrogen and oxygen atoms in total. The molecule has 15 heavy (non-hydrogen) atoms. The van der Waals surface area contributed by atoms with E-state index in [1.807, 2.05) is 6.79 Å². The standard InChI is InChI=1S/CO2.CH4O.CH2O.CO.2CH4.4H2O/c2-1-3;3*1-2;;;;;;/h;2H,1H3;1H2;;2*1H4;4*1H2. The van der Waals surface area contributed by atoms with Crippen LogP contribution in [0, 0.1) is 6.65 Å². The number of hydrogen-bond acceptors (Lipinski definition) is 4. The van der Waals surface area contributed by atoms with E-state index in [1.165, 1.54) is 0 Å². The van der Waals surface area contributed by atoms with Crippen LogP contribution in [0.2, 0.25) is 0 Å². The van der Waals surface area contributed by atoms with Crippen molar-refractivity contribution in [2.75, 3.05) is 7.11 Å². The molecule has 0 aromatic rings. The van der Waals surface area contributed by atoms with Crippen LogP contribution in [-0.2, 0) is 19.0 Å². The first kappa shape index (κ1) is 167. The fourth-order valence-corrected chi connectivity index (χ4v) is 0. The maximum absolute atomic E-state index is 8.12. The van der Waals surface area contributed by atoms with E-state index in [0.29, 0.717) is 0 Å². The van der Waals surface area contributed by atoms with Gasteiger partial charge >= 0.3 is 17.5 Å². The Morgan fingerprint density at radius 3 is 0.933 bits per heavy atom. The molecule has 0 heterocycles. The molecule has 0 aliphatic carbocycles. The summed E-state index contributed by atoms with van der Waals surface area (Å²) in [6, 6.07) is 0. The Morgan fingerprint density at radius 2 is 0.933 bits per heavy atom. The quantitative estimate of drug-likeness (QED) is 0.339. The predicted molar refractivity (Wildman–Crippen MR) is 52.1 cm³/mol. The molecule has 0 saturated heterocycles. The van der Waals surface area contributed by atoms with Crippen molar-refractivity contribution < 1.29 is 46.0 Å². The van der Waals surface area contributed by atoms with E-state index in [4.69, 9.17) is 24.1 Å². The number of carbonyl (C=O) groups is 1. The van der Waals surface area contributed by atoms with Crippen molar-refractivity contribution in [1.82, 2.24) is 0 Å². The summed E-state index contributed by atoms with van der Waals surface area (Å²) in [7, 11) is 1.00. The summed E-state index contributed by atoms with van der Waals surface area (Å²) in [5.41, 5.74) is 0. The Hall–Kier alpha value is -1.41. The minimum absolute atomic E-state index is 0. The molecule has 9 heteroatoms. The third kappa shape index (κ3) is 710. The van der Waals surface area contributed by atoms with Crippen LogP contribution >= 0.6 is 0 Å². The van der Waals surface area contributed by atoms with Crippen molar-refractivity contribution >= 4 is 12.9 Å². The van der Waals surface area contributed by atoms with Gasteiger partial charge < -0.3 is 31.8 Å². The summed E-state index contributed by atoms with van der Waals surface area (Å²) in [4.78, 5) is 24.2. The maximum atomic E-state index is 8.12. The average Bonchev–Trinajstić information content (AvgIpc) is 2.01. The minimum atomic E-state index is 0. The van der Waals surface area contributed by atoms with E-state index in [1.54, 1.807) is 0 Å². The molecule has 0 spiro atoms. The van der Waals surface area contributed by atoms with Crippen LogP contribution in [0.3, 0.4) is 0 Å². The van der Waals surface area contributed by atoms with Crippen LogP contribution in [0.25, 0.3) is 0 Å². The second kappa shape index (κ2) is 10100. The molecular weight excluding hydrogens is 216 g/mol. The second-order valence-electron chi connectivity index (χ2n) is 0.0833. The molecule has 0 aliphatic heterocycles. The zero-order valence-electron chi connectivity index (χ0n) is 6.79. The molecule has 0 atom stereocenters. The van der Waals surface area contributed by atoms with Gasteiger partial charge in [-0.15, -0.1) is 0 Å². The summed E-state index contributed by atoms with van der Waals surface area (Å²) >= 11 is 0. The summed E-state index contributed by atoms with van der Waals surface area (Å²) < 4.78 is 7.50. The van der Waals surface area contributed by atoms with E-state index in [0.717, 1.165) is 7.11 Å². The number of aliphatic hydroxyl groups excluding tert-OH is 1. The average molecular weight is 238 g/mol. The summed E-state index contributed by atoms with van der Waals surface area (Å²) in [5, 5.41) is 7.00. The van der Waals surface area contributed by atoms with E-state index >= 15 is 0 Å². The van der Waals surface area contributed by atoms with Gasteiger partial charge in [-0.1, -0.05) is 14.9 Å². The molecule has 100 valence electrons. The fourth-order valence-electron chi connectivity index (χ4n) is 0. The van der Waals surface area contributed by atoms with Gasteiger partial charge in [-0.05, 0) is 0 Å². The molecule has 0 aliphatic rings. The molecule has 0 fully saturated rings. The zero-order valence-corrected chi connectivity index (χ0v) is 6.79. The summed E-state index contributed by atoms with van der Waals surface area (Å²) in [5.74, 6) is 0. The summed E-state index contributed by atoms with van der Waals surface area (Å²) in [6.45, 7) is 6.50. The molecule has 0 unspecified atom stereocenters. The summed E-state index contributed by atoms with van der Waals surface area (Å²) in [6.07, 6.45) is 0.250. The monoisotopic (exact) mass is 238 g/mol. The molecule has 0 rings (SSSR count). The van der Waals surface area contributed by atoms with Crippen molar-refractivity contribution in [3.05, 3.63) is 6.65 Å². The van der Waals surface area contributed by atoms with E-state index in [9.17, 15) is 0 Å². The van der Waals surface area contributed by atoms with Gasteiger partial charge in [0.2, 0.25) is 0 Å². The molecular formula is C6H22O9. The predicted octanol–water partition coefficient (Wildman–Crippen LogP) is -3.22. The van der Waals surface area contributed by atoms with Crippen molar-refractivity contribution in [1.29, 1.82) is 0 Å². The van der Waals surface area contributed by atoms with Gasteiger partial charge in [-0.25, -0.2) is 0 Å². The Morgan fingerprint density at radius 1 is 0.933 bits per heavy atom. The molecule has 0 saturated carbocycles. The van der Waals surface area contributed by atoms with Gasteiger partial charge in [0.1, 0.15) is 6.79 Å². The Labute approximate surface area is 88.7 Å². The number of hydrogen-bond donors (Lipinski definition) is 1. The normalized spacial score (nSPS) is 1.33. The van der Waals surface area contributed by atoms with Gasteiger partial charge in [0.15, 0.2) is 0 Å². The molecule has 0 aromatic carbocycles. The molecule has 0 radical (unpaired) electrons. The SMILES string of the molecule is C.C.C=O.CO.O.O.O.O.O=C=O.[C-]#[O+]. The van der Waals surface area contributed by atoms with Crippen molar-refractivity contribution in [2.24, 2.45) is 0 Å². The van der Waals surface area contributed by atoms with Crippen molar-refractivity contribution in [3.63, 3.8) is 0 Å². The topological polar surface area (TPSA) is 217 Å². The molecule has 0 aromatic heterocycles. The first-order valence-electron chi connectivity index (χ1n) is 1.35. The zero-order chi connectivity index (χ0) is 8.71. The fraction of sp³-hybridized carbons (Fsp3) is 0.500. The van der Waals surface area contributed by atoms with Gasteiger partial charge in [0.05, 0.1) is 0 Å². The Balaban J connectivity index is -0.00000000248. The van der Waals surface area contributed by atoms with Crippen molar-refractivity contribution in [3.8, 4) is 0 Å². The van der Waals surface area contributed by atoms with Crippen molar-refractivity contribution in [2.45, 2.75) is 14.9 Å². The molecule has 0 bridgehead atoms. The first-order chi connectivity index (χ1) is 4.41. The van der Waals surface area contributed by atoms with Crippen LogP contribution < -0.4 is 0 Å². The number of rotatable bonds is 0. The number of aliphatic hydroxyl groups is 1. The van der Waals surface area contributed by atoms with Gasteiger partial charge in [-0.3, -0.25) is 0 Å². The van der Waals surface area contributed by atoms with E-state index in [-0.39, 0.29) is 42.9 Å². The van der Waals surface area contributed by atoms with Crippen LogP contribution in [0.15, 0.2) is 0 Å². The molecule has 9 N–H and O–H groups in total. The van der Waals surface area contributed by atoms with Crippen LogP contribution in [-0.4, -0.2) is 47.1 Å². The van der Waals surface area contributed by atoms with Crippen LogP contribution in [0.4, 0.5) is 0 Å². The Bertz CT molecular complexity index is 66.2. The molecule has 0 amide bonds. The van der Waals surface area contributed by atoms with Gasteiger partial charge in [0.25, 0.3) is 0 Å². The van der Waals surface area contributed by atoms with Crippen LogP contribution in [0.5, 0.6) is 0 Å². The number of carbonyl (C=O) groups excluding carboxylic acids is 3. The first-order valence-corrected chi connectivity index (χ1v) is 1.35.